The Hall–Kier alpha value is -2.30. The molecule has 0 N–H and O–H groups in total. The van der Waals surface area contributed by atoms with Crippen molar-refractivity contribution in [3.63, 3.8) is 0 Å². The standard InChI is InChI=1S/C16H13F3N2/c1-11-4-2-7-14-10-20-15(21(11)14)9-12-5-3-6-13(8-12)16(17,18)19/h2-8,10H,9H2,1H3. The van der Waals surface area contributed by atoms with Gasteiger partial charge < -0.3 is 4.40 Å². The quantitative estimate of drug-likeness (QED) is 0.689. The van der Waals surface area contributed by atoms with Gasteiger partial charge in [0.1, 0.15) is 5.82 Å². The van der Waals surface area contributed by atoms with Gasteiger partial charge in [0.25, 0.3) is 0 Å². The molecular weight excluding hydrogens is 277 g/mol. The van der Waals surface area contributed by atoms with Gasteiger partial charge in [0.05, 0.1) is 17.3 Å². The van der Waals surface area contributed by atoms with Gasteiger partial charge in [-0.3, -0.25) is 0 Å². The Kier molecular flexibility index (Phi) is 3.20. The molecule has 2 aromatic heterocycles. The Morgan fingerprint density at radius 1 is 1.10 bits per heavy atom. The van der Waals surface area contributed by atoms with E-state index in [9.17, 15) is 13.2 Å². The summed E-state index contributed by atoms with van der Waals surface area (Å²) < 4.78 is 40.2. The number of fused-ring (bicyclic) bond motifs is 1. The molecule has 3 aromatic rings. The van der Waals surface area contributed by atoms with Crippen molar-refractivity contribution in [2.45, 2.75) is 19.5 Å². The molecule has 2 nitrogen and oxygen atoms in total. The highest BCUT2D eigenvalue weighted by Gasteiger charge is 2.30. The van der Waals surface area contributed by atoms with Gasteiger partial charge in [0.15, 0.2) is 0 Å². The predicted octanol–water partition coefficient (Wildman–Crippen LogP) is 4.25. The Morgan fingerprint density at radius 2 is 1.86 bits per heavy atom. The smallest absolute Gasteiger partial charge is 0.301 e. The number of aryl methyl sites for hydroxylation is 1. The van der Waals surface area contributed by atoms with Gasteiger partial charge in [0.2, 0.25) is 0 Å². The summed E-state index contributed by atoms with van der Waals surface area (Å²) in [5.74, 6) is 0.738. The first-order valence-electron chi connectivity index (χ1n) is 6.53. The fraction of sp³-hybridized carbons (Fsp3) is 0.188. The van der Waals surface area contributed by atoms with E-state index in [0.29, 0.717) is 12.0 Å². The molecule has 0 aliphatic rings. The number of alkyl halides is 3. The van der Waals surface area contributed by atoms with Crippen molar-refractivity contribution in [1.82, 2.24) is 9.38 Å². The van der Waals surface area contributed by atoms with Crippen LogP contribution >= 0.6 is 0 Å². The molecule has 0 aliphatic heterocycles. The van der Waals surface area contributed by atoms with Crippen LogP contribution in [0.15, 0.2) is 48.7 Å². The molecule has 0 spiro atoms. The van der Waals surface area contributed by atoms with E-state index < -0.39 is 11.7 Å². The lowest BCUT2D eigenvalue weighted by Gasteiger charge is -2.09. The number of benzene rings is 1. The van der Waals surface area contributed by atoms with Crippen LogP contribution in [0.2, 0.25) is 0 Å². The highest BCUT2D eigenvalue weighted by atomic mass is 19.4. The van der Waals surface area contributed by atoms with Gasteiger partial charge in [-0.05, 0) is 30.7 Å². The molecule has 0 saturated heterocycles. The first-order chi connectivity index (χ1) is 9.95. The topological polar surface area (TPSA) is 17.3 Å². The van der Waals surface area contributed by atoms with Gasteiger partial charge in [-0.25, -0.2) is 4.98 Å². The summed E-state index contributed by atoms with van der Waals surface area (Å²) in [5.41, 5.74) is 1.92. The Balaban J connectivity index is 2.00. The highest BCUT2D eigenvalue weighted by molar-refractivity contribution is 5.48. The summed E-state index contributed by atoms with van der Waals surface area (Å²) in [7, 11) is 0. The Bertz CT molecular complexity index is 788. The monoisotopic (exact) mass is 290 g/mol. The minimum atomic E-state index is -4.32. The van der Waals surface area contributed by atoms with E-state index >= 15 is 0 Å². The summed E-state index contributed by atoms with van der Waals surface area (Å²) >= 11 is 0. The summed E-state index contributed by atoms with van der Waals surface area (Å²) in [6.07, 6.45) is -2.22. The molecule has 0 amide bonds. The maximum atomic E-state index is 12.7. The number of pyridine rings is 1. The number of rotatable bonds is 2. The van der Waals surface area contributed by atoms with Crippen LogP contribution in [0.25, 0.3) is 5.52 Å². The van der Waals surface area contributed by atoms with E-state index in [-0.39, 0.29) is 0 Å². The van der Waals surface area contributed by atoms with E-state index in [4.69, 9.17) is 0 Å². The molecule has 1 aromatic carbocycles. The van der Waals surface area contributed by atoms with E-state index in [1.165, 1.54) is 12.1 Å². The maximum Gasteiger partial charge on any atom is 0.416 e. The van der Waals surface area contributed by atoms with Crippen LogP contribution in [0.3, 0.4) is 0 Å². The van der Waals surface area contributed by atoms with Gasteiger partial charge in [0, 0.05) is 12.1 Å². The Morgan fingerprint density at radius 3 is 2.62 bits per heavy atom. The van der Waals surface area contributed by atoms with Crippen LogP contribution in [0.1, 0.15) is 22.6 Å². The average Bonchev–Trinajstić information content (AvgIpc) is 2.83. The van der Waals surface area contributed by atoms with Crippen LogP contribution < -0.4 is 0 Å². The molecule has 0 atom stereocenters. The van der Waals surface area contributed by atoms with E-state index in [0.717, 1.165) is 23.1 Å². The number of aromatic nitrogens is 2. The van der Waals surface area contributed by atoms with Crippen molar-refractivity contribution in [2.24, 2.45) is 0 Å². The molecule has 21 heavy (non-hydrogen) atoms. The lowest BCUT2D eigenvalue weighted by atomic mass is 10.1. The number of hydrogen-bond acceptors (Lipinski definition) is 1. The molecule has 0 fully saturated rings. The van der Waals surface area contributed by atoms with Crippen molar-refractivity contribution in [2.75, 3.05) is 0 Å². The van der Waals surface area contributed by atoms with Crippen molar-refractivity contribution < 1.29 is 13.2 Å². The molecule has 0 radical (unpaired) electrons. The lowest BCUT2D eigenvalue weighted by Crippen LogP contribution is -2.06. The molecule has 0 saturated carbocycles. The second-order valence-electron chi connectivity index (χ2n) is 4.98. The van der Waals surface area contributed by atoms with Gasteiger partial charge in [-0.2, -0.15) is 13.2 Å². The fourth-order valence-electron chi connectivity index (χ4n) is 2.46. The fourth-order valence-corrected chi connectivity index (χ4v) is 2.46. The first kappa shape index (κ1) is 13.7. The van der Waals surface area contributed by atoms with E-state index in [1.807, 2.05) is 29.5 Å². The molecule has 0 aliphatic carbocycles. The van der Waals surface area contributed by atoms with Crippen molar-refractivity contribution >= 4 is 5.52 Å². The summed E-state index contributed by atoms with van der Waals surface area (Å²) in [6.45, 7) is 1.95. The number of hydrogen-bond donors (Lipinski definition) is 0. The molecule has 108 valence electrons. The lowest BCUT2D eigenvalue weighted by molar-refractivity contribution is -0.137. The summed E-state index contributed by atoms with van der Waals surface area (Å²) in [6, 6.07) is 11.2. The predicted molar refractivity (Wildman–Crippen MR) is 74.2 cm³/mol. The normalized spacial score (nSPS) is 12.0. The van der Waals surface area contributed by atoms with Crippen molar-refractivity contribution in [1.29, 1.82) is 0 Å². The zero-order valence-electron chi connectivity index (χ0n) is 11.4. The molecule has 2 heterocycles. The van der Waals surface area contributed by atoms with E-state index in [2.05, 4.69) is 4.98 Å². The average molecular weight is 290 g/mol. The second kappa shape index (κ2) is 4.91. The molecule has 5 heteroatoms. The third kappa shape index (κ3) is 2.63. The highest BCUT2D eigenvalue weighted by Crippen LogP contribution is 2.30. The van der Waals surface area contributed by atoms with Gasteiger partial charge >= 0.3 is 6.18 Å². The van der Waals surface area contributed by atoms with Crippen LogP contribution in [0.4, 0.5) is 13.2 Å². The number of nitrogens with zero attached hydrogens (tertiary/aromatic N) is 2. The number of halogens is 3. The van der Waals surface area contributed by atoms with Crippen LogP contribution in [-0.2, 0) is 12.6 Å². The maximum absolute atomic E-state index is 12.7. The minimum Gasteiger partial charge on any atom is -0.301 e. The van der Waals surface area contributed by atoms with E-state index in [1.54, 1.807) is 12.3 Å². The third-order valence-corrected chi connectivity index (χ3v) is 3.44. The summed E-state index contributed by atoms with van der Waals surface area (Å²) in [5, 5.41) is 0. The molecular formula is C16H13F3N2. The first-order valence-corrected chi connectivity index (χ1v) is 6.53. The van der Waals surface area contributed by atoms with Gasteiger partial charge in [-0.1, -0.05) is 24.3 Å². The van der Waals surface area contributed by atoms with Crippen molar-refractivity contribution in [3.05, 3.63) is 71.3 Å². The van der Waals surface area contributed by atoms with Gasteiger partial charge in [-0.15, -0.1) is 0 Å². The van der Waals surface area contributed by atoms with Crippen LogP contribution in [0, 0.1) is 6.92 Å². The summed E-state index contributed by atoms with van der Waals surface area (Å²) in [4.78, 5) is 4.32. The zero-order chi connectivity index (χ0) is 15.0. The Labute approximate surface area is 119 Å². The molecule has 0 bridgehead atoms. The zero-order valence-corrected chi connectivity index (χ0v) is 11.4. The molecule has 0 unspecified atom stereocenters. The molecule has 3 rings (SSSR count). The largest absolute Gasteiger partial charge is 0.416 e. The van der Waals surface area contributed by atoms with Crippen LogP contribution in [-0.4, -0.2) is 9.38 Å². The second-order valence-corrected chi connectivity index (χ2v) is 4.98. The SMILES string of the molecule is Cc1cccc2cnc(Cc3cccc(C(F)(F)F)c3)n12. The number of imidazole rings is 1. The third-order valence-electron chi connectivity index (χ3n) is 3.44. The van der Waals surface area contributed by atoms with Crippen molar-refractivity contribution in [3.8, 4) is 0 Å². The minimum absolute atomic E-state index is 0.364. The van der Waals surface area contributed by atoms with Crippen LogP contribution in [0.5, 0.6) is 0 Å².